The summed E-state index contributed by atoms with van der Waals surface area (Å²) in [6, 6.07) is 15.1. The van der Waals surface area contributed by atoms with E-state index in [4.69, 9.17) is 0 Å². The van der Waals surface area contributed by atoms with Crippen LogP contribution in [0.1, 0.15) is 27.7 Å². The molecular formula is C22H18FNO3S. The van der Waals surface area contributed by atoms with E-state index in [-0.39, 0.29) is 22.5 Å². The average Bonchev–Trinajstić information content (AvgIpc) is 3.11. The molecule has 0 fully saturated rings. The number of nitrogens with zero attached hydrogens (tertiary/aromatic N) is 1. The van der Waals surface area contributed by atoms with Gasteiger partial charge >= 0.3 is 5.97 Å². The number of aryl methyl sites for hydroxylation is 1. The molecule has 4 nitrogen and oxygen atoms in total. The normalized spacial score (nSPS) is 16.2. The van der Waals surface area contributed by atoms with Crippen molar-refractivity contribution in [2.75, 3.05) is 4.90 Å². The van der Waals surface area contributed by atoms with Gasteiger partial charge in [-0.3, -0.25) is 0 Å². The summed E-state index contributed by atoms with van der Waals surface area (Å²) >= 11 is 1.14. The predicted molar refractivity (Wildman–Crippen MR) is 109 cm³/mol. The lowest BCUT2D eigenvalue weighted by atomic mass is 9.95. The Balaban J connectivity index is 1.80. The molecule has 1 unspecified atom stereocenters. The Morgan fingerprint density at radius 1 is 1.07 bits per heavy atom. The molecule has 1 aliphatic heterocycles. The number of carboxylic acid groups (broad SMARTS) is 1. The quantitative estimate of drug-likeness (QED) is 0.595. The predicted octanol–water partition coefficient (Wildman–Crippen LogP) is 5.70. The van der Waals surface area contributed by atoms with Crippen molar-refractivity contribution in [1.29, 1.82) is 0 Å². The van der Waals surface area contributed by atoms with Crippen LogP contribution in [0.15, 0.2) is 60.4 Å². The van der Waals surface area contributed by atoms with Crippen molar-refractivity contribution in [3.63, 3.8) is 0 Å². The number of hydrogen-bond acceptors (Lipinski definition) is 4. The first kappa shape index (κ1) is 18.3. The molecular weight excluding hydrogens is 377 g/mol. The molecule has 0 bridgehead atoms. The summed E-state index contributed by atoms with van der Waals surface area (Å²) < 4.78 is 13.2. The molecule has 0 radical (unpaired) electrons. The van der Waals surface area contributed by atoms with Crippen LogP contribution in [0.2, 0.25) is 0 Å². The lowest BCUT2D eigenvalue weighted by molar-refractivity contribution is 0.0702. The number of benzene rings is 2. The van der Waals surface area contributed by atoms with Crippen LogP contribution in [-0.4, -0.2) is 22.2 Å². The van der Waals surface area contributed by atoms with Gasteiger partial charge in [0.25, 0.3) is 0 Å². The maximum atomic E-state index is 13.2. The molecule has 6 heteroatoms. The van der Waals surface area contributed by atoms with Gasteiger partial charge in [0.05, 0.1) is 17.4 Å². The summed E-state index contributed by atoms with van der Waals surface area (Å²) in [5.41, 5.74) is 3.81. The molecule has 1 atom stereocenters. The van der Waals surface area contributed by atoms with Crippen molar-refractivity contribution >= 4 is 28.7 Å². The largest absolute Gasteiger partial charge is 0.508 e. The number of thiophene rings is 1. The minimum absolute atomic E-state index is 0.184. The molecule has 28 heavy (non-hydrogen) atoms. The van der Waals surface area contributed by atoms with Crippen molar-refractivity contribution in [3.8, 4) is 10.4 Å². The van der Waals surface area contributed by atoms with E-state index in [9.17, 15) is 19.4 Å². The molecule has 3 aromatic rings. The van der Waals surface area contributed by atoms with Gasteiger partial charge in [-0.2, -0.15) is 0 Å². The van der Waals surface area contributed by atoms with Crippen molar-refractivity contribution < 1.29 is 19.4 Å². The standard InChI is InChI=1S/C22H18FNO3S/c1-12-3-5-15(6-4-12)19-20(25)13(2)24(19)17-11-18(28-21(17)22(26)27)14-7-9-16(23)10-8-14/h3-11,13,25H,1-2H3,(H,26,27). The second kappa shape index (κ2) is 6.80. The van der Waals surface area contributed by atoms with Crippen molar-refractivity contribution in [2.45, 2.75) is 19.9 Å². The molecule has 1 aliphatic rings. The fourth-order valence-corrected chi connectivity index (χ4v) is 4.36. The molecule has 0 aliphatic carbocycles. The van der Waals surface area contributed by atoms with Crippen LogP contribution in [0.4, 0.5) is 10.1 Å². The SMILES string of the molecule is Cc1ccc(C2=C(O)C(C)N2c2cc(-c3ccc(F)cc3)sc2C(=O)O)cc1. The van der Waals surface area contributed by atoms with Crippen LogP contribution in [-0.2, 0) is 0 Å². The van der Waals surface area contributed by atoms with Gasteiger partial charge in [-0.05, 0) is 37.6 Å². The summed E-state index contributed by atoms with van der Waals surface area (Å²) in [7, 11) is 0. The highest BCUT2D eigenvalue weighted by Crippen LogP contribution is 2.46. The Morgan fingerprint density at radius 3 is 2.29 bits per heavy atom. The molecule has 2 N–H and O–H groups in total. The van der Waals surface area contributed by atoms with E-state index in [1.54, 1.807) is 18.2 Å². The summed E-state index contributed by atoms with van der Waals surface area (Å²) in [6.07, 6.45) is 0. The number of carbonyl (C=O) groups is 1. The van der Waals surface area contributed by atoms with Crippen LogP contribution in [0.5, 0.6) is 0 Å². The number of hydrogen-bond donors (Lipinski definition) is 2. The van der Waals surface area contributed by atoms with E-state index in [0.717, 1.165) is 32.9 Å². The van der Waals surface area contributed by atoms with Crippen molar-refractivity contribution in [1.82, 2.24) is 0 Å². The maximum Gasteiger partial charge on any atom is 0.348 e. The molecule has 4 rings (SSSR count). The second-order valence-electron chi connectivity index (χ2n) is 6.78. The van der Waals surface area contributed by atoms with Gasteiger partial charge < -0.3 is 15.1 Å². The number of halogens is 1. The topological polar surface area (TPSA) is 60.8 Å². The third-order valence-electron chi connectivity index (χ3n) is 4.89. The van der Waals surface area contributed by atoms with E-state index in [1.165, 1.54) is 12.1 Å². The van der Waals surface area contributed by atoms with E-state index >= 15 is 0 Å². The van der Waals surface area contributed by atoms with Gasteiger partial charge in [0.2, 0.25) is 0 Å². The third-order valence-corrected chi connectivity index (χ3v) is 6.05. The Labute approximate surface area is 165 Å². The lowest BCUT2D eigenvalue weighted by Gasteiger charge is -2.42. The monoisotopic (exact) mass is 395 g/mol. The number of aliphatic hydroxyl groups excluding tert-OH is 1. The summed E-state index contributed by atoms with van der Waals surface area (Å²) in [5.74, 6) is -1.14. The van der Waals surface area contributed by atoms with Gasteiger partial charge in [-0.1, -0.05) is 42.0 Å². The van der Waals surface area contributed by atoms with Crippen LogP contribution in [0.3, 0.4) is 0 Å². The molecule has 0 spiro atoms. The molecule has 1 aromatic heterocycles. The maximum absolute atomic E-state index is 13.2. The first-order chi connectivity index (χ1) is 13.4. The third kappa shape index (κ3) is 2.96. The van der Waals surface area contributed by atoms with Gasteiger partial charge in [-0.15, -0.1) is 11.3 Å². The molecule has 2 heterocycles. The smallest absolute Gasteiger partial charge is 0.348 e. The first-order valence-electron chi connectivity index (χ1n) is 8.79. The summed E-state index contributed by atoms with van der Waals surface area (Å²) in [4.78, 5) is 14.6. The fourth-order valence-electron chi connectivity index (χ4n) is 3.37. The molecule has 2 aromatic carbocycles. The average molecular weight is 395 g/mol. The van der Waals surface area contributed by atoms with E-state index < -0.39 is 5.97 Å². The van der Waals surface area contributed by atoms with Gasteiger partial charge in [0.1, 0.15) is 16.5 Å². The van der Waals surface area contributed by atoms with Gasteiger partial charge in [0, 0.05) is 10.4 Å². The Bertz CT molecular complexity index is 1080. The van der Waals surface area contributed by atoms with Gasteiger partial charge in [-0.25, -0.2) is 9.18 Å². The Morgan fingerprint density at radius 2 is 1.68 bits per heavy atom. The Kier molecular flexibility index (Phi) is 4.43. The van der Waals surface area contributed by atoms with Crippen molar-refractivity contribution in [2.24, 2.45) is 0 Å². The number of anilines is 1. The van der Waals surface area contributed by atoms with Crippen LogP contribution >= 0.6 is 11.3 Å². The van der Waals surface area contributed by atoms with Crippen LogP contribution < -0.4 is 4.90 Å². The summed E-state index contributed by atoms with van der Waals surface area (Å²) in [5, 5.41) is 20.2. The first-order valence-corrected chi connectivity index (χ1v) is 9.61. The number of rotatable bonds is 4. The van der Waals surface area contributed by atoms with Crippen LogP contribution in [0.25, 0.3) is 16.1 Å². The number of aromatic carboxylic acids is 1. The zero-order valence-electron chi connectivity index (χ0n) is 15.3. The minimum Gasteiger partial charge on any atom is -0.508 e. The summed E-state index contributed by atoms with van der Waals surface area (Å²) in [6.45, 7) is 3.81. The molecule has 0 amide bonds. The van der Waals surface area contributed by atoms with Gasteiger partial charge in [0.15, 0.2) is 0 Å². The highest BCUT2D eigenvalue weighted by Gasteiger charge is 2.39. The zero-order valence-corrected chi connectivity index (χ0v) is 16.1. The molecule has 142 valence electrons. The second-order valence-corrected chi connectivity index (χ2v) is 7.84. The van der Waals surface area contributed by atoms with E-state index in [0.29, 0.717) is 11.4 Å². The highest BCUT2D eigenvalue weighted by molar-refractivity contribution is 7.18. The van der Waals surface area contributed by atoms with E-state index in [2.05, 4.69) is 0 Å². The van der Waals surface area contributed by atoms with Crippen molar-refractivity contribution in [3.05, 3.63) is 82.2 Å². The fraction of sp³-hybridized carbons (Fsp3) is 0.136. The zero-order chi connectivity index (χ0) is 20.0. The lowest BCUT2D eigenvalue weighted by Crippen LogP contribution is -2.44. The highest BCUT2D eigenvalue weighted by atomic mass is 32.1. The number of carboxylic acids is 1. The number of aliphatic hydroxyl groups is 1. The molecule has 0 saturated carbocycles. The minimum atomic E-state index is -1.03. The molecule has 0 saturated heterocycles. The van der Waals surface area contributed by atoms with E-state index in [1.807, 2.05) is 43.0 Å². The van der Waals surface area contributed by atoms with Crippen LogP contribution in [0, 0.1) is 12.7 Å². The Hall–Kier alpha value is -3.12.